The first-order chi connectivity index (χ1) is 19.6. The number of rotatable bonds is 10. The molecule has 0 amide bonds. The van der Waals surface area contributed by atoms with Crippen molar-refractivity contribution >= 4 is 0 Å². The van der Waals surface area contributed by atoms with E-state index in [9.17, 15) is 5.11 Å². The summed E-state index contributed by atoms with van der Waals surface area (Å²) in [5, 5.41) is 9.53. The maximum atomic E-state index is 9.53. The lowest BCUT2D eigenvalue weighted by Crippen LogP contribution is -2.43. The van der Waals surface area contributed by atoms with Crippen LogP contribution in [0.5, 0.6) is 0 Å². The Labute approximate surface area is 237 Å². The second-order valence-electron chi connectivity index (χ2n) is 10.6. The highest BCUT2D eigenvalue weighted by Crippen LogP contribution is 2.42. The fraction of sp³-hybridized carbons (Fsp3) is 0.324. The highest BCUT2D eigenvalue weighted by molar-refractivity contribution is 5.67. The minimum absolute atomic E-state index is 0.0242. The van der Waals surface area contributed by atoms with E-state index in [1.54, 1.807) is 0 Å². The Balaban J connectivity index is 1.36. The molecule has 0 spiro atoms. The molecule has 4 atom stereocenters. The molecule has 0 saturated carbocycles. The van der Waals surface area contributed by atoms with Crippen LogP contribution in [-0.4, -0.2) is 41.2 Å². The lowest BCUT2D eigenvalue weighted by atomic mass is 9.90. The molecule has 4 aromatic rings. The van der Waals surface area contributed by atoms with Gasteiger partial charge in [-0.05, 0) is 47.0 Å². The number of aliphatic hydroxyl groups is 1. The van der Waals surface area contributed by atoms with E-state index < -0.39 is 6.29 Å². The maximum absolute atomic E-state index is 9.53. The summed E-state index contributed by atoms with van der Waals surface area (Å²) in [6, 6.07) is 30.8. The Bertz CT molecular complexity index is 1350. The number of likely N-dealkylation sites (N-methyl/N-ethyl adjacent to an activating group) is 1. The molecule has 6 nitrogen and oxygen atoms in total. The van der Waals surface area contributed by atoms with Gasteiger partial charge in [0.05, 0.1) is 18.8 Å². The monoisotopic (exact) mass is 537 g/mol. The highest BCUT2D eigenvalue weighted by Gasteiger charge is 2.38. The Kier molecular flexibility index (Phi) is 9.37. The molecule has 3 N–H and O–H groups in total. The molecule has 0 bridgehead atoms. The van der Waals surface area contributed by atoms with Crippen LogP contribution in [0.1, 0.15) is 47.3 Å². The summed E-state index contributed by atoms with van der Waals surface area (Å²) in [4.78, 5) is 6.78. The van der Waals surface area contributed by atoms with Crippen molar-refractivity contribution in [1.82, 2.24) is 9.88 Å². The lowest BCUT2D eigenvalue weighted by Gasteiger charge is -2.42. The van der Waals surface area contributed by atoms with Gasteiger partial charge in [0.2, 0.25) is 0 Å². The SMILES string of the molecule is C[C@H]1[C@@H](CN(C)CCc2ccccn2)O[C@@H](c2ccc(-c3ccccc3CN)cc2)O[C@H]1c1ccc(CO)cc1. The van der Waals surface area contributed by atoms with Crippen molar-refractivity contribution in [1.29, 1.82) is 0 Å². The summed E-state index contributed by atoms with van der Waals surface area (Å²) in [5.74, 6) is 0.129. The van der Waals surface area contributed by atoms with E-state index in [0.29, 0.717) is 6.54 Å². The first-order valence-corrected chi connectivity index (χ1v) is 14.0. The normalized spacial score (nSPS) is 21.0. The number of nitrogens with zero attached hydrogens (tertiary/aromatic N) is 2. The predicted molar refractivity (Wildman–Crippen MR) is 158 cm³/mol. The topological polar surface area (TPSA) is 80.8 Å². The van der Waals surface area contributed by atoms with Crippen LogP contribution < -0.4 is 5.73 Å². The van der Waals surface area contributed by atoms with Crippen molar-refractivity contribution in [2.75, 3.05) is 20.1 Å². The van der Waals surface area contributed by atoms with Gasteiger partial charge in [0.15, 0.2) is 6.29 Å². The zero-order valence-corrected chi connectivity index (χ0v) is 23.3. The standard InChI is InChI=1S/C34H39N3O3/c1-24-32(22-37(2)20-18-30-8-5-6-19-36-30)39-34(40-33(24)27-12-10-25(23-38)11-13-27)28-16-14-26(15-17-28)31-9-4-3-7-29(31)21-35/h3-17,19,24,32-34,38H,18,20-23,35H2,1-2H3/t24-,32+,33+,34+/m0/s1. The summed E-state index contributed by atoms with van der Waals surface area (Å²) < 4.78 is 13.3. The van der Waals surface area contributed by atoms with Crippen molar-refractivity contribution in [3.63, 3.8) is 0 Å². The van der Waals surface area contributed by atoms with E-state index in [-0.39, 0.29) is 24.7 Å². The molecular weight excluding hydrogens is 498 g/mol. The number of nitrogens with two attached hydrogens (primary N) is 1. The predicted octanol–water partition coefficient (Wildman–Crippen LogP) is 5.67. The minimum Gasteiger partial charge on any atom is -0.392 e. The van der Waals surface area contributed by atoms with Crippen molar-refractivity contribution < 1.29 is 14.6 Å². The fourth-order valence-corrected chi connectivity index (χ4v) is 5.38. The van der Waals surface area contributed by atoms with Gasteiger partial charge in [-0.25, -0.2) is 0 Å². The summed E-state index contributed by atoms with van der Waals surface area (Å²) >= 11 is 0. The smallest absolute Gasteiger partial charge is 0.184 e. The van der Waals surface area contributed by atoms with Gasteiger partial charge in [-0.1, -0.05) is 85.8 Å². The number of ether oxygens (including phenoxy) is 2. The van der Waals surface area contributed by atoms with E-state index in [4.69, 9.17) is 15.2 Å². The zero-order chi connectivity index (χ0) is 27.9. The van der Waals surface area contributed by atoms with Crippen LogP contribution in [-0.2, 0) is 29.0 Å². The lowest BCUT2D eigenvalue weighted by molar-refractivity contribution is -0.275. The molecular formula is C34H39N3O3. The Hall–Kier alpha value is -3.39. The van der Waals surface area contributed by atoms with Gasteiger partial charge in [-0.3, -0.25) is 4.98 Å². The zero-order valence-electron chi connectivity index (χ0n) is 23.3. The van der Waals surface area contributed by atoms with Crippen molar-refractivity contribution in [2.24, 2.45) is 11.7 Å². The molecule has 1 aromatic heterocycles. The van der Waals surface area contributed by atoms with Gasteiger partial charge < -0.3 is 25.2 Å². The number of benzene rings is 3. The van der Waals surface area contributed by atoms with Crippen LogP contribution >= 0.6 is 0 Å². The van der Waals surface area contributed by atoms with Crippen LogP contribution in [0, 0.1) is 5.92 Å². The molecule has 1 aliphatic rings. The average molecular weight is 538 g/mol. The van der Waals surface area contributed by atoms with Gasteiger partial charge in [-0.2, -0.15) is 0 Å². The van der Waals surface area contributed by atoms with Crippen LogP contribution in [0.4, 0.5) is 0 Å². The number of aromatic nitrogens is 1. The molecule has 1 fully saturated rings. The third-order valence-electron chi connectivity index (χ3n) is 7.82. The van der Waals surface area contributed by atoms with Gasteiger partial charge in [0, 0.05) is 49.4 Å². The van der Waals surface area contributed by atoms with E-state index in [2.05, 4.69) is 78.5 Å². The Morgan fingerprint density at radius 3 is 2.30 bits per heavy atom. The molecule has 2 heterocycles. The molecule has 208 valence electrons. The fourth-order valence-electron chi connectivity index (χ4n) is 5.38. The molecule has 6 heteroatoms. The van der Waals surface area contributed by atoms with Crippen molar-refractivity contribution in [2.45, 2.75) is 45.0 Å². The van der Waals surface area contributed by atoms with Gasteiger partial charge in [0.1, 0.15) is 0 Å². The van der Waals surface area contributed by atoms with E-state index >= 15 is 0 Å². The molecule has 1 aliphatic heterocycles. The molecule has 0 radical (unpaired) electrons. The second-order valence-corrected chi connectivity index (χ2v) is 10.6. The van der Waals surface area contributed by atoms with E-state index in [1.165, 1.54) is 0 Å². The molecule has 1 saturated heterocycles. The average Bonchev–Trinajstić information content (AvgIpc) is 3.01. The Morgan fingerprint density at radius 1 is 0.875 bits per heavy atom. The summed E-state index contributed by atoms with van der Waals surface area (Å²) in [6.07, 6.45) is 2.06. The van der Waals surface area contributed by atoms with Crippen LogP contribution in [0.15, 0.2) is 97.2 Å². The third kappa shape index (κ3) is 6.66. The molecule has 0 unspecified atom stereocenters. The van der Waals surface area contributed by atoms with Gasteiger partial charge in [-0.15, -0.1) is 0 Å². The van der Waals surface area contributed by atoms with Gasteiger partial charge in [0.25, 0.3) is 0 Å². The minimum atomic E-state index is -0.494. The van der Waals surface area contributed by atoms with E-state index in [0.717, 1.165) is 58.6 Å². The van der Waals surface area contributed by atoms with E-state index in [1.807, 2.05) is 42.6 Å². The number of hydrogen-bond donors (Lipinski definition) is 2. The first kappa shape index (κ1) is 28.1. The third-order valence-corrected chi connectivity index (χ3v) is 7.82. The van der Waals surface area contributed by atoms with Crippen molar-refractivity contribution in [3.8, 4) is 11.1 Å². The summed E-state index contributed by atoms with van der Waals surface area (Å²) in [6.45, 7) is 4.39. The maximum Gasteiger partial charge on any atom is 0.184 e. The number of hydrogen-bond acceptors (Lipinski definition) is 6. The second kappa shape index (κ2) is 13.3. The van der Waals surface area contributed by atoms with Gasteiger partial charge >= 0.3 is 0 Å². The number of pyridine rings is 1. The largest absolute Gasteiger partial charge is 0.392 e. The summed E-state index contributed by atoms with van der Waals surface area (Å²) in [5.41, 5.74) is 13.4. The summed E-state index contributed by atoms with van der Waals surface area (Å²) in [7, 11) is 2.14. The molecule has 3 aromatic carbocycles. The van der Waals surface area contributed by atoms with Crippen LogP contribution in [0.25, 0.3) is 11.1 Å². The highest BCUT2D eigenvalue weighted by atomic mass is 16.7. The first-order valence-electron chi connectivity index (χ1n) is 14.0. The molecule has 40 heavy (non-hydrogen) atoms. The quantitative estimate of drug-likeness (QED) is 0.272. The Morgan fingerprint density at radius 2 is 1.60 bits per heavy atom. The van der Waals surface area contributed by atoms with Crippen molar-refractivity contribution in [3.05, 3.63) is 125 Å². The molecule has 0 aliphatic carbocycles. The number of aliphatic hydroxyl groups excluding tert-OH is 1. The molecule has 5 rings (SSSR count). The van der Waals surface area contributed by atoms with Crippen LogP contribution in [0.3, 0.4) is 0 Å². The van der Waals surface area contributed by atoms with Crippen LogP contribution in [0.2, 0.25) is 0 Å².